The van der Waals surface area contributed by atoms with E-state index >= 15 is 0 Å². The third-order valence-electron chi connectivity index (χ3n) is 4.11. The number of nitrogens with zero attached hydrogens (tertiary/aromatic N) is 2. The Hall–Kier alpha value is -1.64. The van der Waals surface area contributed by atoms with E-state index in [1.807, 2.05) is 31.3 Å². The molecule has 0 unspecified atom stereocenters. The van der Waals surface area contributed by atoms with Crippen molar-refractivity contribution < 1.29 is 17.9 Å². The van der Waals surface area contributed by atoms with Crippen molar-refractivity contribution in [2.75, 3.05) is 46.1 Å². The molecule has 1 N–H and O–H groups in total. The lowest BCUT2D eigenvalue weighted by molar-refractivity contribution is -0.120. The molecule has 0 radical (unpaired) electrons. The third-order valence-corrected chi connectivity index (χ3v) is 5.98. The largest absolute Gasteiger partial charge is 0.496 e. The molecule has 0 saturated carbocycles. The van der Waals surface area contributed by atoms with Crippen molar-refractivity contribution in [1.29, 1.82) is 0 Å². The number of rotatable bonds is 7. The van der Waals surface area contributed by atoms with Gasteiger partial charge >= 0.3 is 0 Å². The second kappa shape index (κ2) is 8.46. The first kappa shape index (κ1) is 18.7. The molecule has 24 heavy (non-hydrogen) atoms. The van der Waals surface area contributed by atoms with Gasteiger partial charge in [-0.25, -0.2) is 8.42 Å². The monoisotopic (exact) mass is 355 g/mol. The van der Waals surface area contributed by atoms with Crippen LogP contribution < -0.4 is 10.1 Å². The van der Waals surface area contributed by atoms with Crippen LogP contribution in [0.25, 0.3) is 0 Å². The smallest absolute Gasteiger partial charge is 0.221 e. The van der Waals surface area contributed by atoms with Crippen molar-refractivity contribution in [2.24, 2.45) is 0 Å². The number of hydrogen-bond acceptors (Lipinski definition) is 5. The van der Waals surface area contributed by atoms with Gasteiger partial charge in [-0.15, -0.1) is 0 Å². The molecule has 1 saturated heterocycles. The molecule has 1 aliphatic rings. The summed E-state index contributed by atoms with van der Waals surface area (Å²) in [5.41, 5.74) is 0.857. The molecule has 0 aromatic heterocycles. The highest BCUT2D eigenvalue weighted by Crippen LogP contribution is 2.16. The van der Waals surface area contributed by atoms with Crippen LogP contribution in [0.4, 0.5) is 0 Å². The van der Waals surface area contributed by atoms with E-state index in [2.05, 4.69) is 10.2 Å². The molecule has 1 aromatic rings. The summed E-state index contributed by atoms with van der Waals surface area (Å²) < 4.78 is 31.3. The summed E-state index contributed by atoms with van der Waals surface area (Å²) in [7, 11) is 0.164. The van der Waals surface area contributed by atoms with Gasteiger partial charge in [0.15, 0.2) is 0 Å². The van der Waals surface area contributed by atoms with Crippen LogP contribution in [0.5, 0.6) is 5.75 Å². The maximum Gasteiger partial charge on any atom is 0.221 e. The predicted molar refractivity (Wildman–Crippen MR) is 92.3 cm³/mol. The van der Waals surface area contributed by atoms with E-state index in [4.69, 9.17) is 4.74 Å². The predicted octanol–water partition coefficient (Wildman–Crippen LogP) is 0.279. The van der Waals surface area contributed by atoms with Crippen LogP contribution in [-0.2, 0) is 21.4 Å². The van der Waals surface area contributed by atoms with Crippen molar-refractivity contribution >= 4 is 15.9 Å². The van der Waals surface area contributed by atoms with Crippen molar-refractivity contribution in [3.05, 3.63) is 29.8 Å². The molecule has 8 heteroatoms. The molecular weight excluding hydrogens is 330 g/mol. The maximum absolute atomic E-state index is 12.3. The molecule has 1 aliphatic heterocycles. The standard InChI is InChI=1S/C16H25N3O4S/c1-18-8-10-19(11-9-18)24(21,22)12-7-16(20)17-13-14-5-3-4-6-15(14)23-2/h3-6H,7-13H2,1-2H3,(H,17,20). The fourth-order valence-corrected chi connectivity index (χ4v) is 3.97. The number of ether oxygens (including phenoxy) is 1. The Labute approximate surface area is 143 Å². The minimum absolute atomic E-state index is 0.0379. The number of para-hydroxylation sites is 1. The first-order valence-electron chi connectivity index (χ1n) is 7.97. The second-order valence-electron chi connectivity index (χ2n) is 5.86. The van der Waals surface area contributed by atoms with Crippen LogP contribution in [-0.4, -0.2) is 69.6 Å². The van der Waals surface area contributed by atoms with Crippen LogP contribution >= 0.6 is 0 Å². The summed E-state index contributed by atoms with van der Waals surface area (Å²) in [5.74, 6) is 0.260. The molecule has 0 atom stereocenters. The first-order chi connectivity index (χ1) is 11.4. The summed E-state index contributed by atoms with van der Waals surface area (Å²) in [5, 5.41) is 2.75. The lowest BCUT2D eigenvalue weighted by Gasteiger charge is -2.31. The minimum Gasteiger partial charge on any atom is -0.496 e. The Morgan fingerprint density at radius 1 is 1.21 bits per heavy atom. The van der Waals surface area contributed by atoms with Gasteiger partial charge in [0.2, 0.25) is 15.9 Å². The van der Waals surface area contributed by atoms with E-state index < -0.39 is 10.0 Å². The Balaban J connectivity index is 1.80. The van der Waals surface area contributed by atoms with E-state index in [1.165, 1.54) is 4.31 Å². The summed E-state index contributed by atoms with van der Waals surface area (Å²) in [6.07, 6.45) is -0.0379. The van der Waals surface area contributed by atoms with Gasteiger partial charge < -0.3 is 15.0 Å². The average Bonchev–Trinajstić information content (AvgIpc) is 2.59. The van der Waals surface area contributed by atoms with Gasteiger partial charge in [-0.2, -0.15) is 4.31 Å². The van der Waals surface area contributed by atoms with Crippen molar-refractivity contribution in [2.45, 2.75) is 13.0 Å². The number of likely N-dealkylation sites (N-methyl/N-ethyl adjacent to an activating group) is 1. The molecule has 0 spiro atoms. The molecule has 2 rings (SSSR count). The molecule has 1 heterocycles. The van der Waals surface area contributed by atoms with E-state index in [0.29, 0.717) is 25.4 Å². The van der Waals surface area contributed by atoms with E-state index in [1.54, 1.807) is 7.11 Å². The van der Waals surface area contributed by atoms with E-state index in [9.17, 15) is 13.2 Å². The zero-order valence-corrected chi connectivity index (χ0v) is 15.0. The van der Waals surface area contributed by atoms with Crippen LogP contribution in [0.15, 0.2) is 24.3 Å². The Bertz CT molecular complexity index is 655. The summed E-state index contributed by atoms with van der Waals surface area (Å²) in [4.78, 5) is 14.0. The minimum atomic E-state index is -3.38. The zero-order chi connectivity index (χ0) is 17.6. The number of amides is 1. The van der Waals surface area contributed by atoms with Crippen molar-refractivity contribution in [3.63, 3.8) is 0 Å². The zero-order valence-electron chi connectivity index (χ0n) is 14.2. The fourth-order valence-electron chi connectivity index (χ4n) is 2.55. The molecule has 134 valence electrons. The normalized spacial score (nSPS) is 16.8. The molecule has 1 fully saturated rings. The van der Waals surface area contributed by atoms with Gasteiger partial charge in [0.25, 0.3) is 0 Å². The topological polar surface area (TPSA) is 78.9 Å². The van der Waals surface area contributed by atoms with E-state index in [-0.39, 0.29) is 18.1 Å². The van der Waals surface area contributed by atoms with Gasteiger partial charge in [0.1, 0.15) is 5.75 Å². The number of carbonyl (C=O) groups is 1. The van der Waals surface area contributed by atoms with Crippen molar-refractivity contribution in [1.82, 2.24) is 14.5 Å². The van der Waals surface area contributed by atoms with Gasteiger partial charge in [0.05, 0.1) is 12.9 Å². The van der Waals surface area contributed by atoms with Crippen LogP contribution in [0.3, 0.4) is 0 Å². The molecule has 1 aromatic carbocycles. The molecule has 1 amide bonds. The summed E-state index contributed by atoms with van der Waals surface area (Å²) in [6, 6.07) is 7.40. The van der Waals surface area contributed by atoms with Crippen LogP contribution in [0.2, 0.25) is 0 Å². The Morgan fingerprint density at radius 2 is 1.88 bits per heavy atom. The Morgan fingerprint density at radius 3 is 2.54 bits per heavy atom. The number of hydrogen-bond donors (Lipinski definition) is 1. The highest BCUT2D eigenvalue weighted by molar-refractivity contribution is 7.89. The highest BCUT2D eigenvalue weighted by atomic mass is 32.2. The Kier molecular flexibility index (Phi) is 6.59. The fraction of sp³-hybridized carbons (Fsp3) is 0.562. The van der Waals surface area contributed by atoms with Gasteiger partial charge in [-0.1, -0.05) is 18.2 Å². The molecule has 7 nitrogen and oxygen atoms in total. The number of piperazine rings is 1. The highest BCUT2D eigenvalue weighted by Gasteiger charge is 2.26. The first-order valence-corrected chi connectivity index (χ1v) is 9.58. The quantitative estimate of drug-likeness (QED) is 0.760. The van der Waals surface area contributed by atoms with Gasteiger partial charge in [-0.3, -0.25) is 4.79 Å². The summed E-state index contributed by atoms with van der Waals surface area (Å²) >= 11 is 0. The summed E-state index contributed by atoms with van der Waals surface area (Å²) in [6.45, 7) is 2.74. The lowest BCUT2D eigenvalue weighted by Crippen LogP contribution is -2.48. The third kappa shape index (κ3) is 5.19. The lowest BCUT2D eigenvalue weighted by atomic mass is 10.2. The molecule has 0 aliphatic carbocycles. The number of methoxy groups -OCH3 is 1. The maximum atomic E-state index is 12.3. The van der Waals surface area contributed by atoms with Crippen molar-refractivity contribution in [3.8, 4) is 5.75 Å². The number of nitrogens with one attached hydrogen (secondary N) is 1. The molecular formula is C16H25N3O4S. The SMILES string of the molecule is COc1ccccc1CNC(=O)CCS(=O)(=O)N1CCN(C)CC1. The van der Waals surface area contributed by atoms with Gasteiger partial charge in [0, 0.05) is 44.7 Å². The average molecular weight is 355 g/mol. The van der Waals surface area contributed by atoms with Crippen LogP contribution in [0.1, 0.15) is 12.0 Å². The number of benzene rings is 1. The van der Waals surface area contributed by atoms with E-state index in [0.717, 1.165) is 18.7 Å². The second-order valence-corrected chi connectivity index (χ2v) is 7.95. The number of carbonyl (C=O) groups excluding carboxylic acids is 1. The van der Waals surface area contributed by atoms with Crippen LogP contribution in [0, 0.1) is 0 Å². The number of sulfonamides is 1. The molecule has 0 bridgehead atoms. The van der Waals surface area contributed by atoms with Gasteiger partial charge in [-0.05, 0) is 13.1 Å².